The highest BCUT2D eigenvalue weighted by molar-refractivity contribution is 5.33. The Kier molecular flexibility index (Phi) is 7.38. The molecular weight excluding hydrogens is 337 g/mol. The summed E-state index contributed by atoms with van der Waals surface area (Å²) in [5, 5.41) is 15.3. The molecule has 2 aromatic rings. The van der Waals surface area contributed by atoms with Gasteiger partial charge in [-0.25, -0.2) is 4.39 Å². The molecule has 27 heavy (non-hydrogen) atoms. The Morgan fingerprint density at radius 2 is 1.33 bits per heavy atom. The van der Waals surface area contributed by atoms with Crippen molar-refractivity contribution < 1.29 is 4.39 Å². The zero-order chi connectivity index (χ0) is 18.9. The fourth-order valence-electron chi connectivity index (χ4n) is 3.92. The fraction of sp³-hybridized carbons (Fsp3) is 0.435. The van der Waals surface area contributed by atoms with E-state index in [4.69, 9.17) is 5.26 Å². The highest BCUT2D eigenvalue weighted by atomic mass is 19.1. The van der Waals surface area contributed by atoms with Crippen molar-refractivity contribution in [2.45, 2.75) is 37.5 Å². The largest absolute Gasteiger partial charge is 0.317 e. The molecule has 142 valence electrons. The van der Waals surface area contributed by atoms with Crippen molar-refractivity contribution in [1.29, 1.82) is 5.26 Å². The Bertz CT molecular complexity index is 739. The Hall–Kier alpha value is -2.22. The van der Waals surface area contributed by atoms with Crippen molar-refractivity contribution in [3.63, 3.8) is 0 Å². The molecule has 0 unspecified atom stereocenters. The molecule has 0 amide bonds. The van der Waals surface area contributed by atoms with Crippen molar-refractivity contribution in [1.82, 2.24) is 10.6 Å². The molecule has 2 fully saturated rings. The van der Waals surface area contributed by atoms with Crippen LogP contribution in [-0.4, -0.2) is 26.2 Å². The minimum absolute atomic E-state index is 0.0469. The van der Waals surface area contributed by atoms with Gasteiger partial charge in [0.1, 0.15) is 5.82 Å². The minimum Gasteiger partial charge on any atom is -0.317 e. The van der Waals surface area contributed by atoms with E-state index < -0.39 is 0 Å². The number of nitrogens with one attached hydrogen (secondary N) is 2. The monoisotopic (exact) mass is 365 g/mol. The van der Waals surface area contributed by atoms with Gasteiger partial charge in [0.15, 0.2) is 0 Å². The zero-order valence-electron chi connectivity index (χ0n) is 15.8. The zero-order valence-corrected chi connectivity index (χ0v) is 15.8. The van der Waals surface area contributed by atoms with Crippen molar-refractivity contribution in [2.75, 3.05) is 26.2 Å². The van der Waals surface area contributed by atoms with Gasteiger partial charge in [-0.2, -0.15) is 5.26 Å². The van der Waals surface area contributed by atoms with Crippen molar-refractivity contribution in [2.24, 2.45) is 0 Å². The van der Waals surface area contributed by atoms with E-state index in [9.17, 15) is 4.39 Å². The van der Waals surface area contributed by atoms with Gasteiger partial charge < -0.3 is 10.6 Å². The lowest BCUT2D eigenvalue weighted by molar-refractivity contribution is 0.445. The van der Waals surface area contributed by atoms with Gasteiger partial charge in [0.25, 0.3) is 0 Å². The highest BCUT2D eigenvalue weighted by Crippen LogP contribution is 2.27. The maximum atomic E-state index is 13.4. The summed E-state index contributed by atoms with van der Waals surface area (Å²) < 4.78 is 13.4. The number of nitriles is 1. The van der Waals surface area contributed by atoms with Crippen LogP contribution in [0.1, 0.15) is 54.2 Å². The second-order valence-corrected chi connectivity index (χ2v) is 7.30. The van der Waals surface area contributed by atoms with Gasteiger partial charge >= 0.3 is 0 Å². The first kappa shape index (κ1) is 19.5. The predicted molar refractivity (Wildman–Crippen MR) is 107 cm³/mol. The normalized spacial score (nSPS) is 18.2. The molecule has 2 saturated heterocycles. The van der Waals surface area contributed by atoms with E-state index in [1.807, 2.05) is 24.3 Å². The summed E-state index contributed by atoms with van der Waals surface area (Å²) in [6.45, 7) is 4.26. The molecule has 2 aliphatic heterocycles. The number of piperidine rings is 2. The lowest BCUT2D eigenvalue weighted by Crippen LogP contribution is -2.27. The molecule has 2 aliphatic rings. The van der Waals surface area contributed by atoms with E-state index >= 15 is 0 Å². The number of hydrogen-bond acceptors (Lipinski definition) is 3. The first-order valence-corrected chi connectivity index (χ1v) is 9.94. The van der Waals surface area contributed by atoms with Gasteiger partial charge in [-0.15, -0.1) is 0 Å². The van der Waals surface area contributed by atoms with Gasteiger partial charge in [-0.05, 0) is 93.0 Å². The van der Waals surface area contributed by atoms with Crippen LogP contribution in [0.25, 0.3) is 0 Å². The summed E-state index contributed by atoms with van der Waals surface area (Å²) >= 11 is 0. The van der Waals surface area contributed by atoms with Crippen LogP contribution < -0.4 is 10.6 Å². The molecular formula is C23H28FN3. The molecule has 2 N–H and O–H groups in total. The Balaban J connectivity index is 0.000000156. The van der Waals surface area contributed by atoms with Crippen LogP contribution in [-0.2, 0) is 0 Å². The first-order valence-electron chi connectivity index (χ1n) is 9.94. The van der Waals surface area contributed by atoms with Crippen LogP contribution in [0.2, 0.25) is 0 Å². The Morgan fingerprint density at radius 1 is 0.778 bits per heavy atom. The number of hydrogen-bond donors (Lipinski definition) is 2. The summed E-state index contributed by atoms with van der Waals surface area (Å²) in [5.41, 5.74) is 3.03. The van der Waals surface area contributed by atoms with E-state index in [2.05, 4.69) is 28.8 Å². The summed E-state index contributed by atoms with van der Waals surface area (Å²) in [7, 11) is 0. The topological polar surface area (TPSA) is 47.9 Å². The molecule has 0 spiro atoms. The SMILES string of the molecule is Fc1ccccc1C1CCNCC1.N#Cc1ccc(C2CCNCC2)cc1. The predicted octanol–water partition coefficient (Wildman–Crippen LogP) is 4.32. The van der Waals surface area contributed by atoms with Gasteiger partial charge in [-0.1, -0.05) is 30.3 Å². The van der Waals surface area contributed by atoms with E-state index in [-0.39, 0.29) is 5.82 Å². The second kappa shape index (κ2) is 10.2. The molecule has 4 rings (SSSR count). The van der Waals surface area contributed by atoms with E-state index in [1.165, 1.54) is 18.4 Å². The van der Waals surface area contributed by atoms with Crippen LogP contribution in [0.3, 0.4) is 0 Å². The first-order chi connectivity index (χ1) is 13.3. The highest BCUT2D eigenvalue weighted by Gasteiger charge is 2.17. The van der Waals surface area contributed by atoms with Gasteiger partial charge in [0.05, 0.1) is 11.6 Å². The third kappa shape index (κ3) is 5.63. The third-order valence-electron chi connectivity index (χ3n) is 5.53. The maximum Gasteiger partial charge on any atom is 0.126 e. The van der Waals surface area contributed by atoms with Crippen molar-refractivity contribution in [3.8, 4) is 6.07 Å². The van der Waals surface area contributed by atoms with Crippen molar-refractivity contribution >= 4 is 0 Å². The number of rotatable bonds is 2. The third-order valence-corrected chi connectivity index (χ3v) is 5.53. The Morgan fingerprint density at radius 3 is 1.89 bits per heavy atom. The van der Waals surface area contributed by atoms with Crippen LogP contribution in [0.4, 0.5) is 4.39 Å². The molecule has 4 heteroatoms. The van der Waals surface area contributed by atoms with Crippen LogP contribution in [0.15, 0.2) is 48.5 Å². The van der Waals surface area contributed by atoms with Gasteiger partial charge in [0, 0.05) is 0 Å². The molecule has 0 atom stereocenters. The maximum absolute atomic E-state index is 13.4. The molecule has 0 aliphatic carbocycles. The van der Waals surface area contributed by atoms with E-state index in [0.29, 0.717) is 11.8 Å². The van der Waals surface area contributed by atoms with Crippen LogP contribution >= 0.6 is 0 Å². The van der Waals surface area contributed by atoms with Gasteiger partial charge in [-0.3, -0.25) is 0 Å². The summed E-state index contributed by atoms with van der Waals surface area (Å²) in [6.07, 6.45) is 4.54. The average molecular weight is 365 g/mol. The molecule has 0 bridgehead atoms. The molecule has 3 nitrogen and oxygen atoms in total. The minimum atomic E-state index is -0.0469. The summed E-state index contributed by atoms with van der Waals surface area (Å²) in [5.74, 6) is 1.06. The number of nitrogens with zero attached hydrogens (tertiary/aromatic N) is 1. The fourth-order valence-corrected chi connectivity index (χ4v) is 3.92. The molecule has 0 saturated carbocycles. The quantitative estimate of drug-likeness (QED) is 0.833. The Labute approximate surface area is 161 Å². The van der Waals surface area contributed by atoms with E-state index in [1.54, 1.807) is 12.1 Å². The van der Waals surface area contributed by atoms with E-state index in [0.717, 1.165) is 50.1 Å². The van der Waals surface area contributed by atoms with Crippen LogP contribution in [0.5, 0.6) is 0 Å². The standard InChI is InChI=1S/C12H14N2.C11H14FN/c13-9-10-1-3-11(4-2-10)12-5-7-14-8-6-12;12-11-4-2-1-3-10(11)9-5-7-13-8-6-9/h1-4,12,14H,5-8H2;1-4,9,13H,5-8H2. The lowest BCUT2D eigenvalue weighted by atomic mass is 9.90. The lowest BCUT2D eigenvalue weighted by Gasteiger charge is -2.23. The number of benzene rings is 2. The molecule has 0 aromatic heterocycles. The summed E-state index contributed by atoms with van der Waals surface area (Å²) in [4.78, 5) is 0. The average Bonchev–Trinajstić information content (AvgIpc) is 2.76. The van der Waals surface area contributed by atoms with Crippen molar-refractivity contribution in [3.05, 3.63) is 71.0 Å². The molecule has 0 radical (unpaired) electrons. The summed E-state index contributed by atoms with van der Waals surface area (Å²) in [6, 6.07) is 17.3. The smallest absolute Gasteiger partial charge is 0.126 e. The molecule has 2 aromatic carbocycles. The number of halogens is 1. The molecule has 2 heterocycles. The van der Waals surface area contributed by atoms with Crippen LogP contribution in [0, 0.1) is 17.1 Å². The van der Waals surface area contributed by atoms with Gasteiger partial charge in [0.2, 0.25) is 0 Å². The second-order valence-electron chi connectivity index (χ2n) is 7.30.